The molecule has 2 amide bonds. The van der Waals surface area contributed by atoms with Crippen molar-refractivity contribution in [1.82, 2.24) is 10.6 Å². The molecule has 0 spiro atoms. The van der Waals surface area contributed by atoms with Crippen LogP contribution in [0.5, 0.6) is 0 Å². The Balaban J connectivity index is 0.0000260. The van der Waals surface area contributed by atoms with Gasteiger partial charge in [0.2, 0.25) is 0 Å². The molecule has 1 aromatic rings. The first-order valence-corrected chi connectivity index (χ1v) is 22.9. The number of hydrogen-bond acceptors (Lipinski definition) is 4. The number of unbranched alkanes of at least 4 members (excludes halogenated alkanes) is 30. The second kappa shape index (κ2) is 38.5. The third-order valence-electron chi connectivity index (χ3n) is 10.3. The Morgan fingerprint density at radius 1 is 0.442 bits per heavy atom. The fraction of sp³-hybridized carbons (Fsp3) is 0.818. The average Bonchev–Trinajstić information content (AvgIpc) is 3.13. The Kier molecular flexibility index (Phi) is 38.0. The van der Waals surface area contributed by atoms with E-state index in [-0.39, 0.29) is 57.4 Å². The van der Waals surface area contributed by atoms with E-state index in [4.69, 9.17) is 0 Å². The van der Waals surface area contributed by atoms with Crippen LogP contribution >= 0.6 is 0 Å². The molecule has 0 aromatic heterocycles. The van der Waals surface area contributed by atoms with Crippen molar-refractivity contribution < 1.29 is 47.9 Å². The van der Waals surface area contributed by atoms with Crippen molar-refractivity contribution in [3.8, 4) is 0 Å². The number of benzene rings is 1. The molecule has 1 unspecified atom stereocenters. The molecule has 0 saturated heterocycles. The van der Waals surface area contributed by atoms with E-state index < -0.39 is 11.1 Å². The van der Waals surface area contributed by atoms with Crippen LogP contribution in [-0.4, -0.2) is 33.7 Å². The van der Waals surface area contributed by atoms with Gasteiger partial charge in [0.05, 0.1) is 0 Å². The molecule has 1 aromatic carbocycles. The molecule has 0 aliphatic rings. The molecule has 296 valence electrons. The number of hydrogen-bond donors (Lipinski definition) is 2. The number of carbonyl (C=O) groups excluding carboxylic acids is 2. The summed E-state index contributed by atoms with van der Waals surface area (Å²) in [6.07, 6.45) is 41.6. The van der Waals surface area contributed by atoms with Crippen molar-refractivity contribution in [3.63, 3.8) is 0 Å². The molecule has 6 nitrogen and oxygen atoms in total. The molecule has 1 atom stereocenters. The standard InChI is InChI=1S/C44H80N2O4S.Na/c1-3-5-7-9-11-13-15-17-19-21-23-25-27-29-31-33-35-45-43(47)40-37-41(39-42(38-40)51(49)50)44(48)46-36-34-32-30-28-26-24-22-20-18-16-14-12-10-8-6-4-2;/h37-39H,3-36H2,1-2H3,(H,45,47)(H,46,48)(H,49,50);/q;+1/p-1. The van der Waals surface area contributed by atoms with Crippen molar-refractivity contribution in [2.75, 3.05) is 13.1 Å². The molecular weight excluding hydrogens is 676 g/mol. The summed E-state index contributed by atoms with van der Waals surface area (Å²) in [6, 6.07) is 4.19. The van der Waals surface area contributed by atoms with Crippen LogP contribution in [0, 0.1) is 0 Å². The molecule has 0 radical (unpaired) electrons. The van der Waals surface area contributed by atoms with Crippen LogP contribution < -0.4 is 40.2 Å². The smallest absolute Gasteiger partial charge is 0.768 e. The maximum absolute atomic E-state index is 12.8. The van der Waals surface area contributed by atoms with E-state index in [1.165, 1.54) is 198 Å². The molecule has 8 heteroatoms. The van der Waals surface area contributed by atoms with Crippen LogP contribution in [0.25, 0.3) is 0 Å². The zero-order valence-corrected chi connectivity index (χ0v) is 37.1. The fourth-order valence-electron chi connectivity index (χ4n) is 6.91. The van der Waals surface area contributed by atoms with Crippen molar-refractivity contribution in [3.05, 3.63) is 29.3 Å². The van der Waals surface area contributed by atoms with E-state index in [1.54, 1.807) is 0 Å². The van der Waals surface area contributed by atoms with Crippen LogP contribution in [0.15, 0.2) is 23.1 Å². The minimum absolute atomic E-state index is 0. The second-order valence-electron chi connectivity index (χ2n) is 15.1. The first kappa shape index (κ1) is 51.3. The molecule has 52 heavy (non-hydrogen) atoms. The van der Waals surface area contributed by atoms with Gasteiger partial charge in [0, 0.05) is 29.1 Å². The summed E-state index contributed by atoms with van der Waals surface area (Å²) in [6.45, 7) is 5.63. The Labute approximate surface area is 346 Å². The van der Waals surface area contributed by atoms with Gasteiger partial charge in [-0.1, -0.05) is 206 Å². The number of carbonyl (C=O) groups is 2. The van der Waals surface area contributed by atoms with E-state index in [9.17, 15) is 18.4 Å². The Hall–Kier alpha value is -0.730. The molecule has 0 aliphatic heterocycles. The minimum Gasteiger partial charge on any atom is -0.768 e. The van der Waals surface area contributed by atoms with Gasteiger partial charge in [-0.3, -0.25) is 13.8 Å². The summed E-state index contributed by atoms with van der Waals surface area (Å²) in [5.41, 5.74) is 0.418. The van der Waals surface area contributed by atoms with Crippen LogP contribution in [0.1, 0.15) is 240 Å². The Bertz CT molecular complexity index is 940. The van der Waals surface area contributed by atoms with Gasteiger partial charge in [-0.25, -0.2) is 0 Å². The van der Waals surface area contributed by atoms with E-state index in [2.05, 4.69) is 24.5 Å². The summed E-state index contributed by atoms with van der Waals surface area (Å²) in [5, 5.41) is 5.83. The quantitative estimate of drug-likeness (QED) is 0.0402. The molecule has 0 saturated carbocycles. The van der Waals surface area contributed by atoms with Gasteiger partial charge in [-0.05, 0) is 42.1 Å². The normalized spacial score (nSPS) is 11.7. The fourth-order valence-corrected chi connectivity index (χ4v) is 7.36. The van der Waals surface area contributed by atoms with E-state index >= 15 is 0 Å². The zero-order chi connectivity index (χ0) is 37.0. The topological polar surface area (TPSA) is 98.3 Å². The number of nitrogens with one attached hydrogen (secondary N) is 2. The summed E-state index contributed by atoms with van der Waals surface area (Å²) in [7, 11) is 0. The van der Waals surface area contributed by atoms with Crippen molar-refractivity contribution in [2.45, 2.75) is 224 Å². The largest absolute Gasteiger partial charge is 1.00 e. The van der Waals surface area contributed by atoms with Crippen molar-refractivity contribution in [2.24, 2.45) is 0 Å². The third kappa shape index (κ3) is 30.6. The van der Waals surface area contributed by atoms with Crippen molar-refractivity contribution >= 4 is 22.9 Å². The van der Waals surface area contributed by atoms with Crippen molar-refractivity contribution in [1.29, 1.82) is 0 Å². The zero-order valence-electron chi connectivity index (χ0n) is 34.3. The maximum Gasteiger partial charge on any atom is 1.00 e. The summed E-state index contributed by atoms with van der Waals surface area (Å²) in [4.78, 5) is 25.6. The average molecular weight is 755 g/mol. The number of rotatable bonds is 37. The number of amides is 2. The third-order valence-corrected chi connectivity index (χ3v) is 10.9. The van der Waals surface area contributed by atoms with Gasteiger partial charge < -0.3 is 15.2 Å². The van der Waals surface area contributed by atoms with E-state index in [1.807, 2.05) is 0 Å². The Morgan fingerprint density at radius 3 is 0.904 bits per heavy atom. The van der Waals surface area contributed by atoms with Gasteiger partial charge in [-0.15, -0.1) is 0 Å². The molecule has 0 fully saturated rings. The summed E-state index contributed by atoms with van der Waals surface area (Å²) < 4.78 is 23.5. The van der Waals surface area contributed by atoms with E-state index in [0.29, 0.717) is 13.1 Å². The predicted octanol–water partition coefficient (Wildman–Crippen LogP) is 9.91. The van der Waals surface area contributed by atoms with Crippen LogP contribution in [-0.2, 0) is 11.1 Å². The van der Waals surface area contributed by atoms with Crippen LogP contribution in [0.4, 0.5) is 0 Å². The molecular formula is C44H79N2NaO4S. The monoisotopic (exact) mass is 755 g/mol. The van der Waals surface area contributed by atoms with Crippen LogP contribution in [0.2, 0.25) is 0 Å². The van der Waals surface area contributed by atoms with Gasteiger partial charge >= 0.3 is 29.6 Å². The van der Waals surface area contributed by atoms with Crippen LogP contribution in [0.3, 0.4) is 0 Å². The van der Waals surface area contributed by atoms with Gasteiger partial charge in [0.15, 0.2) is 0 Å². The van der Waals surface area contributed by atoms with Gasteiger partial charge in [0.25, 0.3) is 11.8 Å². The molecule has 0 heterocycles. The molecule has 0 bridgehead atoms. The predicted molar refractivity (Wildman–Crippen MR) is 217 cm³/mol. The SMILES string of the molecule is CCCCCCCCCCCCCCCCCCNC(=O)c1cc(C(=O)NCCCCCCCCCCCCCCCCCC)cc(S(=O)[O-])c1.[Na+]. The Morgan fingerprint density at radius 2 is 0.673 bits per heavy atom. The second-order valence-corrected chi connectivity index (χ2v) is 16.0. The molecule has 2 N–H and O–H groups in total. The van der Waals surface area contributed by atoms with Gasteiger partial charge in [0.1, 0.15) is 0 Å². The maximum atomic E-state index is 12.8. The first-order chi connectivity index (χ1) is 25.0. The summed E-state index contributed by atoms with van der Waals surface area (Å²) >= 11 is -2.53. The molecule has 0 aliphatic carbocycles. The summed E-state index contributed by atoms with van der Waals surface area (Å²) in [5.74, 6) is -0.676. The van der Waals surface area contributed by atoms with Gasteiger partial charge in [-0.2, -0.15) is 0 Å². The molecule has 1 rings (SSSR count). The first-order valence-electron chi connectivity index (χ1n) is 21.8. The van der Waals surface area contributed by atoms with E-state index in [0.717, 1.165) is 25.7 Å². The minimum atomic E-state index is -2.53.